The zero-order chi connectivity index (χ0) is 11.3. The van der Waals surface area contributed by atoms with E-state index in [2.05, 4.69) is 0 Å². The topological polar surface area (TPSA) is 52.3 Å². The van der Waals surface area contributed by atoms with Crippen LogP contribution in [-0.4, -0.2) is 18.9 Å². The Bertz CT molecular complexity index is 352. The highest BCUT2D eigenvalue weighted by molar-refractivity contribution is 5.96. The van der Waals surface area contributed by atoms with Crippen LogP contribution in [0.15, 0.2) is 18.2 Å². The van der Waals surface area contributed by atoms with Gasteiger partial charge in [-0.1, -0.05) is 0 Å². The van der Waals surface area contributed by atoms with Crippen LogP contribution in [0.2, 0.25) is 0 Å². The van der Waals surface area contributed by atoms with Crippen molar-refractivity contribution in [1.82, 2.24) is 0 Å². The molecular formula is C11H14FNO2. The van der Waals surface area contributed by atoms with Gasteiger partial charge >= 0.3 is 0 Å². The third-order valence-electron chi connectivity index (χ3n) is 1.93. The summed E-state index contributed by atoms with van der Waals surface area (Å²) in [6, 6.07) is 4.19. The predicted octanol–water partition coefficient (Wildman–Crippen LogP) is 1.76. The average Bonchev–Trinajstić information content (AvgIpc) is 2.21. The fourth-order valence-electron chi connectivity index (χ4n) is 1.22. The number of ketones is 1. The van der Waals surface area contributed by atoms with Crippen LogP contribution in [-0.2, 0) is 0 Å². The Morgan fingerprint density at radius 1 is 1.53 bits per heavy atom. The van der Waals surface area contributed by atoms with Gasteiger partial charge in [-0.05, 0) is 31.7 Å². The predicted molar refractivity (Wildman–Crippen MR) is 55.6 cm³/mol. The first-order chi connectivity index (χ1) is 7.19. The van der Waals surface area contributed by atoms with Gasteiger partial charge in [0.15, 0.2) is 17.3 Å². The lowest BCUT2D eigenvalue weighted by Gasteiger charge is -2.05. The third-order valence-corrected chi connectivity index (χ3v) is 1.93. The molecule has 82 valence electrons. The second-order valence-electron chi connectivity index (χ2n) is 3.04. The summed E-state index contributed by atoms with van der Waals surface area (Å²) in [6.45, 7) is 2.44. The van der Waals surface area contributed by atoms with Gasteiger partial charge in [-0.15, -0.1) is 0 Å². The fourth-order valence-corrected chi connectivity index (χ4v) is 1.22. The van der Waals surface area contributed by atoms with Gasteiger partial charge < -0.3 is 10.5 Å². The summed E-state index contributed by atoms with van der Waals surface area (Å²) in [5.41, 5.74) is 5.58. The van der Waals surface area contributed by atoms with Crippen LogP contribution in [0.5, 0.6) is 5.75 Å². The maximum Gasteiger partial charge on any atom is 0.165 e. The van der Waals surface area contributed by atoms with Gasteiger partial charge in [0, 0.05) is 12.0 Å². The minimum atomic E-state index is -0.514. The van der Waals surface area contributed by atoms with Crippen LogP contribution in [0.1, 0.15) is 23.7 Å². The number of carbonyl (C=O) groups excluding carboxylic acids is 1. The number of benzene rings is 1. The minimum absolute atomic E-state index is 0.153. The van der Waals surface area contributed by atoms with E-state index in [0.29, 0.717) is 12.2 Å². The number of halogens is 1. The molecule has 0 amide bonds. The molecule has 0 heterocycles. The summed E-state index contributed by atoms with van der Waals surface area (Å²) in [5, 5.41) is 0. The van der Waals surface area contributed by atoms with Crippen LogP contribution < -0.4 is 10.5 Å². The van der Waals surface area contributed by atoms with Crippen LogP contribution in [0.25, 0.3) is 0 Å². The molecule has 3 nitrogen and oxygen atoms in total. The molecule has 0 radical (unpaired) electrons. The maximum absolute atomic E-state index is 13.3. The molecule has 0 unspecified atom stereocenters. The van der Waals surface area contributed by atoms with E-state index in [0.717, 1.165) is 0 Å². The van der Waals surface area contributed by atoms with Crippen molar-refractivity contribution < 1.29 is 13.9 Å². The van der Waals surface area contributed by atoms with Crippen molar-refractivity contribution in [3.8, 4) is 5.75 Å². The van der Waals surface area contributed by atoms with E-state index in [4.69, 9.17) is 10.5 Å². The fraction of sp³-hybridized carbons (Fsp3) is 0.364. The van der Waals surface area contributed by atoms with E-state index in [1.165, 1.54) is 12.1 Å². The lowest BCUT2D eigenvalue weighted by atomic mass is 10.1. The molecule has 2 N–H and O–H groups in total. The van der Waals surface area contributed by atoms with E-state index >= 15 is 0 Å². The first kappa shape index (κ1) is 11.7. The molecule has 0 aliphatic carbocycles. The van der Waals surface area contributed by atoms with Gasteiger partial charge in [0.2, 0.25) is 0 Å². The molecule has 0 bridgehead atoms. The highest BCUT2D eigenvalue weighted by Gasteiger charge is 2.09. The van der Waals surface area contributed by atoms with Gasteiger partial charge in [0.05, 0.1) is 6.61 Å². The second-order valence-corrected chi connectivity index (χ2v) is 3.04. The van der Waals surface area contributed by atoms with Crippen molar-refractivity contribution in [2.45, 2.75) is 13.3 Å². The SMILES string of the molecule is CCOc1ccc(C(=O)CCN)cc1F. The summed E-state index contributed by atoms with van der Waals surface area (Å²) in [7, 11) is 0. The molecule has 0 fully saturated rings. The molecule has 15 heavy (non-hydrogen) atoms. The van der Waals surface area contributed by atoms with Gasteiger partial charge in [-0.3, -0.25) is 4.79 Å². The number of hydrogen-bond acceptors (Lipinski definition) is 3. The number of carbonyl (C=O) groups is 1. The molecule has 4 heteroatoms. The van der Waals surface area contributed by atoms with E-state index in [-0.39, 0.29) is 24.5 Å². The van der Waals surface area contributed by atoms with Crippen molar-refractivity contribution in [3.63, 3.8) is 0 Å². The number of Topliss-reactive ketones (excluding diaryl/α,β-unsaturated/α-hetero) is 1. The van der Waals surface area contributed by atoms with Crippen molar-refractivity contribution in [2.75, 3.05) is 13.2 Å². The Morgan fingerprint density at radius 2 is 2.27 bits per heavy atom. The van der Waals surface area contributed by atoms with Crippen molar-refractivity contribution in [2.24, 2.45) is 5.73 Å². The smallest absolute Gasteiger partial charge is 0.165 e. The zero-order valence-electron chi connectivity index (χ0n) is 8.63. The molecule has 0 aromatic heterocycles. The minimum Gasteiger partial charge on any atom is -0.491 e. The number of rotatable bonds is 5. The Hall–Kier alpha value is -1.42. The Labute approximate surface area is 88.0 Å². The molecule has 0 aliphatic heterocycles. The van der Waals surface area contributed by atoms with Crippen molar-refractivity contribution in [1.29, 1.82) is 0 Å². The Morgan fingerprint density at radius 3 is 2.80 bits per heavy atom. The van der Waals surface area contributed by atoms with E-state index < -0.39 is 5.82 Å². The molecule has 1 rings (SSSR count). The summed E-state index contributed by atoms with van der Waals surface area (Å²) < 4.78 is 18.3. The standard InChI is InChI=1S/C11H14FNO2/c1-2-15-11-4-3-8(7-9(11)12)10(14)5-6-13/h3-4,7H,2,5-6,13H2,1H3. The first-order valence-corrected chi connectivity index (χ1v) is 4.84. The lowest BCUT2D eigenvalue weighted by molar-refractivity contribution is 0.0985. The average molecular weight is 211 g/mol. The van der Waals surface area contributed by atoms with E-state index in [1.54, 1.807) is 13.0 Å². The van der Waals surface area contributed by atoms with Gasteiger partial charge in [0.1, 0.15) is 0 Å². The van der Waals surface area contributed by atoms with Crippen LogP contribution in [0, 0.1) is 5.82 Å². The zero-order valence-corrected chi connectivity index (χ0v) is 8.63. The summed E-state index contributed by atoms with van der Waals surface area (Å²) in [5.74, 6) is -0.499. The number of nitrogens with two attached hydrogens (primary N) is 1. The van der Waals surface area contributed by atoms with Crippen molar-refractivity contribution in [3.05, 3.63) is 29.6 Å². The third kappa shape index (κ3) is 3.02. The molecule has 1 aromatic carbocycles. The van der Waals surface area contributed by atoms with Gasteiger partial charge in [-0.2, -0.15) is 0 Å². The molecule has 0 saturated heterocycles. The number of ether oxygens (including phenoxy) is 1. The Kier molecular flexibility index (Phi) is 4.24. The molecular weight excluding hydrogens is 197 g/mol. The normalized spacial score (nSPS) is 10.1. The molecule has 0 saturated carbocycles. The largest absolute Gasteiger partial charge is 0.491 e. The van der Waals surface area contributed by atoms with Crippen LogP contribution in [0.4, 0.5) is 4.39 Å². The molecule has 0 spiro atoms. The van der Waals surface area contributed by atoms with E-state index in [1.807, 2.05) is 0 Å². The maximum atomic E-state index is 13.3. The van der Waals surface area contributed by atoms with E-state index in [9.17, 15) is 9.18 Å². The lowest BCUT2D eigenvalue weighted by Crippen LogP contribution is -2.08. The molecule has 0 aliphatic rings. The summed E-state index contributed by atoms with van der Waals surface area (Å²) >= 11 is 0. The van der Waals surface area contributed by atoms with Crippen LogP contribution in [0.3, 0.4) is 0 Å². The second kappa shape index (κ2) is 5.46. The van der Waals surface area contributed by atoms with Crippen molar-refractivity contribution >= 4 is 5.78 Å². The number of hydrogen-bond donors (Lipinski definition) is 1. The van der Waals surface area contributed by atoms with Gasteiger partial charge in [0.25, 0.3) is 0 Å². The highest BCUT2D eigenvalue weighted by Crippen LogP contribution is 2.18. The molecule has 0 atom stereocenters. The van der Waals surface area contributed by atoms with Crippen LogP contribution >= 0.6 is 0 Å². The Balaban J connectivity index is 2.86. The van der Waals surface area contributed by atoms with Gasteiger partial charge in [-0.25, -0.2) is 4.39 Å². The monoisotopic (exact) mass is 211 g/mol. The summed E-state index contributed by atoms with van der Waals surface area (Å²) in [6.07, 6.45) is 0.230. The summed E-state index contributed by atoms with van der Waals surface area (Å²) in [4.78, 5) is 11.4. The first-order valence-electron chi connectivity index (χ1n) is 4.84. The highest BCUT2D eigenvalue weighted by atomic mass is 19.1. The molecule has 1 aromatic rings. The quantitative estimate of drug-likeness (QED) is 0.755.